The van der Waals surface area contributed by atoms with E-state index >= 15 is 8.78 Å². The van der Waals surface area contributed by atoms with Crippen LogP contribution in [0.4, 0.5) is 8.78 Å². The molecule has 0 saturated heterocycles. The zero-order valence-corrected chi connectivity index (χ0v) is 18.2. The first-order valence-corrected chi connectivity index (χ1v) is 12.2. The molecule has 5 aromatic rings. The summed E-state index contributed by atoms with van der Waals surface area (Å²) in [5.74, 6) is 0. The van der Waals surface area contributed by atoms with Crippen LogP contribution in [0.2, 0.25) is 0 Å². The highest BCUT2D eigenvalue weighted by atomic mass is 31.2. The van der Waals surface area contributed by atoms with Gasteiger partial charge in [-0.3, -0.25) is 0 Å². The average Bonchev–Trinajstić information content (AvgIpc) is 2.86. The highest BCUT2D eigenvalue weighted by Gasteiger charge is 2.68. The summed E-state index contributed by atoms with van der Waals surface area (Å²) in [6.07, 6.45) is 1.49. The summed E-state index contributed by atoms with van der Waals surface area (Å²) in [5, 5.41) is 3.10. The van der Waals surface area contributed by atoms with Gasteiger partial charge in [0.1, 0.15) is 15.9 Å². The molecule has 1 heterocycles. The second kappa shape index (κ2) is 8.26. The van der Waals surface area contributed by atoms with Crippen molar-refractivity contribution in [1.82, 2.24) is 4.98 Å². The van der Waals surface area contributed by atoms with Gasteiger partial charge in [0.25, 0.3) is 0 Å². The van der Waals surface area contributed by atoms with Gasteiger partial charge in [0.05, 0.1) is 0 Å². The van der Waals surface area contributed by atoms with Crippen molar-refractivity contribution in [2.24, 2.45) is 0 Å². The number of aromatic nitrogens is 1. The lowest BCUT2D eigenvalue weighted by molar-refractivity contribution is 0.0938. The van der Waals surface area contributed by atoms with Crippen molar-refractivity contribution in [3.63, 3.8) is 0 Å². The number of hydrogen-bond donors (Lipinski definition) is 0. The second-order valence-corrected chi connectivity index (χ2v) is 11.1. The lowest BCUT2D eigenvalue weighted by Crippen LogP contribution is -2.41. The van der Waals surface area contributed by atoms with E-state index in [-0.39, 0.29) is 5.69 Å². The maximum Gasteiger partial charge on any atom is 0.410 e. The molecule has 4 aromatic carbocycles. The van der Waals surface area contributed by atoms with Crippen LogP contribution in [-0.4, -0.2) is 4.98 Å². The van der Waals surface area contributed by atoms with Crippen molar-refractivity contribution in [1.29, 1.82) is 0 Å². The van der Waals surface area contributed by atoms with Crippen LogP contribution in [-0.2, 0) is 5.66 Å². The largest absolute Gasteiger partial charge is 0.410 e. The van der Waals surface area contributed by atoms with E-state index in [1.54, 1.807) is 18.2 Å². The molecule has 0 radical (unpaired) electrons. The van der Waals surface area contributed by atoms with E-state index in [0.717, 1.165) is 5.39 Å². The normalized spacial score (nSPS) is 12.1. The Bertz CT molecular complexity index is 1240. The van der Waals surface area contributed by atoms with Crippen LogP contribution >= 0.6 is 7.26 Å². The van der Waals surface area contributed by atoms with E-state index in [4.69, 9.17) is 0 Å². The van der Waals surface area contributed by atoms with Gasteiger partial charge in [-0.25, -0.2) is 4.98 Å². The van der Waals surface area contributed by atoms with Gasteiger partial charge >= 0.3 is 5.66 Å². The zero-order chi connectivity index (χ0) is 22.0. The molecule has 1 aromatic heterocycles. The molecule has 0 spiro atoms. The predicted molar refractivity (Wildman–Crippen MR) is 131 cm³/mol. The Morgan fingerprint density at radius 2 is 0.969 bits per heavy atom. The highest BCUT2D eigenvalue weighted by molar-refractivity contribution is 7.96. The lowest BCUT2D eigenvalue weighted by Gasteiger charge is -2.33. The minimum atomic E-state index is -3.48. The molecule has 0 saturated carbocycles. The Hall–Kier alpha value is -3.42. The quantitative estimate of drug-likeness (QED) is 0.293. The van der Waals surface area contributed by atoms with Gasteiger partial charge in [0.2, 0.25) is 0 Å². The van der Waals surface area contributed by atoms with Crippen LogP contribution in [0.5, 0.6) is 0 Å². The van der Waals surface area contributed by atoms with Gasteiger partial charge in [-0.1, -0.05) is 78.9 Å². The van der Waals surface area contributed by atoms with Gasteiger partial charge in [-0.05, 0) is 47.9 Å². The number of halogens is 2. The molecule has 0 amide bonds. The van der Waals surface area contributed by atoms with Crippen LogP contribution in [0.15, 0.2) is 128 Å². The Labute approximate surface area is 186 Å². The minimum Gasteiger partial charge on any atom is -0.250 e. The molecule has 0 N–H and O–H groups in total. The van der Waals surface area contributed by atoms with Crippen molar-refractivity contribution in [2.75, 3.05) is 0 Å². The minimum absolute atomic E-state index is 0.180. The molecule has 0 fully saturated rings. The van der Waals surface area contributed by atoms with Gasteiger partial charge in [0, 0.05) is 11.6 Å². The maximum absolute atomic E-state index is 17.2. The molecule has 32 heavy (non-hydrogen) atoms. The van der Waals surface area contributed by atoms with Gasteiger partial charge in [-0.2, -0.15) is 8.78 Å². The third-order valence-corrected chi connectivity index (χ3v) is 10.1. The van der Waals surface area contributed by atoms with E-state index in [9.17, 15) is 0 Å². The summed E-state index contributed by atoms with van der Waals surface area (Å²) in [7, 11) is -3.48. The SMILES string of the molecule is FC(F)(c1nccc2ccccc12)[P+](c1ccccc1)(c1ccccc1)c1ccccc1. The number of fused-ring (bicyclic) bond motifs is 1. The summed E-state index contributed by atoms with van der Waals surface area (Å²) >= 11 is 0. The van der Waals surface area contributed by atoms with E-state index in [1.165, 1.54) is 6.20 Å². The van der Waals surface area contributed by atoms with E-state index in [0.29, 0.717) is 21.3 Å². The molecule has 0 unspecified atom stereocenters. The highest BCUT2D eigenvalue weighted by Crippen LogP contribution is 2.71. The summed E-state index contributed by atoms with van der Waals surface area (Å²) < 4.78 is 34.5. The van der Waals surface area contributed by atoms with Crippen molar-refractivity contribution in [3.05, 3.63) is 133 Å². The first-order valence-electron chi connectivity index (χ1n) is 10.4. The van der Waals surface area contributed by atoms with Crippen molar-refractivity contribution < 1.29 is 8.78 Å². The van der Waals surface area contributed by atoms with Crippen molar-refractivity contribution in [2.45, 2.75) is 5.66 Å². The third kappa shape index (κ3) is 3.13. The van der Waals surface area contributed by atoms with Crippen LogP contribution in [0.3, 0.4) is 0 Å². The predicted octanol–water partition coefficient (Wildman–Crippen LogP) is 6.28. The molecule has 0 atom stereocenters. The molecular weight excluding hydrogens is 419 g/mol. The maximum atomic E-state index is 17.2. The fraction of sp³-hybridized carbons (Fsp3) is 0.0357. The van der Waals surface area contributed by atoms with Crippen LogP contribution < -0.4 is 15.9 Å². The molecule has 0 bridgehead atoms. The number of hydrogen-bond acceptors (Lipinski definition) is 1. The smallest absolute Gasteiger partial charge is 0.250 e. The van der Waals surface area contributed by atoms with E-state index in [1.807, 2.05) is 103 Å². The fourth-order valence-electron chi connectivity index (χ4n) is 4.41. The summed E-state index contributed by atoms with van der Waals surface area (Å²) in [6, 6.07) is 36.6. The summed E-state index contributed by atoms with van der Waals surface area (Å²) in [5.41, 5.74) is -3.43. The Kier molecular flexibility index (Phi) is 5.28. The van der Waals surface area contributed by atoms with Crippen molar-refractivity contribution >= 4 is 33.9 Å². The Balaban J connectivity index is 1.94. The van der Waals surface area contributed by atoms with Crippen molar-refractivity contribution in [3.8, 4) is 0 Å². The molecular formula is C28H21F2NP+. The van der Waals surface area contributed by atoms with Gasteiger partial charge in [0.15, 0.2) is 13.0 Å². The monoisotopic (exact) mass is 440 g/mol. The first kappa shape index (κ1) is 20.5. The zero-order valence-electron chi connectivity index (χ0n) is 17.3. The van der Waals surface area contributed by atoms with Gasteiger partial charge < -0.3 is 0 Å². The summed E-state index contributed by atoms with van der Waals surface area (Å²) in [4.78, 5) is 4.30. The number of alkyl halides is 2. The molecule has 4 heteroatoms. The number of pyridine rings is 1. The number of benzene rings is 4. The van der Waals surface area contributed by atoms with E-state index in [2.05, 4.69) is 4.98 Å². The molecule has 1 nitrogen and oxygen atoms in total. The van der Waals surface area contributed by atoms with Gasteiger partial charge in [-0.15, -0.1) is 0 Å². The molecule has 0 aliphatic heterocycles. The van der Waals surface area contributed by atoms with Crippen LogP contribution in [0.1, 0.15) is 5.69 Å². The van der Waals surface area contributed by atoms with Crippen LogP contribution in [0.25, 0.3) is 10.8 Å². The topological polar surface area (TPSA) is 12.9 Å². The third-order valence-electron chi connectivity index (χ3n) is 5.81. The Morgan fingerprint density at radius 3 is 1.47 bits per heavy atom. The van der Waals surface area contributed by atoms with Crippen LogP contribution in [0, 0.1) is 0 Å². The number of nitrogens with zero attached hydrogens (tertiary/aromatic N) is 1. The average molecular weight is 440 g/mol. The lowest BCUT2D eigenvalue weighted by atomic mass is 10.1. The Morgan fingerprint density at radius 1 is 0.531 bits per heavy atom. The molecule has 156 valence electrons. The molecule has 0 aliphatic rings. The van der Waals surface area contributed by atoms with E-state index < -0.39 is 12.9 Å². The second-order valence-electron chi connectivity index (χ2n) is 7.60. The number of rotatable bonds is 5. The molecule has 0 aliphatic carbocycles. The standard InChI is InChI=1S/C28H21F2NP/c29-28(30,27-26-19-11-10-12-22(26)20-21-31-27)32(23-13-4-1-5-14-23,24-15-6-2-7-16-24)25-17-8-3-9-18-25/h1-21H/q+1. The molecule has 5 rings (SSSR count). The first-order chi connectivity index (χ1) is 15.7. The fourth-order valence-corrected chi connectivity index (χ4v) is 8.63. The summed E-state index contributed by atoms with van der Waals surface area (Å²) in [6.45, 7) is 0.